The van der Waals surface area contributed by atoms with E-state index >= 15 is 0 Å². The van der Waals surface area contributed by atoms with Crippen molar-refractivity contribution in [3.8, 4) is 0 Å². The van der Waals surface area contributed by atoms with E-state index in [0.29, 0.717) is 6.42 Å². The van der Waals surface area contributed by atoms with Gasteiger partial charge in [0.05, 0.1) is 15.6 Å². The average Bonchev–Trinajstić information content (AvgIpc) is 2.93. The molecule has 7 nitrogen and oxygen atoms in total. The molecular formula is C30H35Cl2N3O4S. The van der Waals surface area contributed by atoms with Crippen molar-refractivity contribution in [2.45, 2.75) is 64.1 Å². The van der Waals surface area contributed by atoms with Gasteiger partial charge in [0.1, 0.15) is 12.6 Å². The molecule has 0 saturated heterocycles. The van der Waals surface area contributed by atoms with Gasteiger partial charge in [-0.3, -0.25) is 13.9 Å². The van der Waals surface area contributed by atoms with Crippen molar-refractivity contribution in [1.29, 1.82) is 0 Å². The lowest BCUT2D eigenvalue weighted by Gasteiger charge is -2.34. The Morgan fingerprint density at radius 1 is 0.925 bits per heavy atom. The molecule has 0 unspecified atom stereocenters. The van der Waals surface area contributed by atoms with Crippen LogP contribution in [-0.4, -0.2) is 43.8 Å². The van der Waals surface area contributed by atoms with Crippen LogP contribution >= 0.6 is 23.2 Å². The summed E-state index contributed by atoms with van der Waals surface area (Å²) in [6.45, 7) is 7.06. The van der Waals surface area contributed by atoms with E-state index in [1.54, 1.807) is 18.2 Å². The summed E-state index contributed by atoms with van der Waals surface area (Å²) in [5, 5.41) is 3.34. The smallest absolute Gasteiger partial charge is 0.264 e. The highest BCUT2D eigenvalue weighted by molar-refractivity contribution is 7.92. The van der Waals surface area contributed by atoms with Crippen LogP contribution in [0.2, 0.25) is 10.0 Å². The Bertz CT molecular complexity index is 1420. The van der Waals surface area contributed by atoms with Crippen LogP contribution in [0.4, 0.5) is 5.69 Å². The van der Waals surface area contributed by atoms with Crippen molar-refractivity contribution in [2.75, 3.05) is 10.8 Å². The van der Waals surface area contributed by atoms with E-state index in [1.807, 2.05) is 58.0 Å². The number of carbonyl (C=O) groups is 2. The minimum absolute atomic E-state index is 0.00175. The second kappa shape index (κ2) is 14.0. The number of aryl methyl sites for hydroxylation is 1. The fourth-order valence-corrected chi connectivity index (χ4v) is 6.03. The van der Waals surface area contributed by atoms with E-state index in [4.69, 9.17) is 23.2 Å². The number of nitrogens with zero attached hydrogens (tertiary/aromatic N) is 2. The van der Waals surface area contributed by atoms with E-state index in [-0.39, 0.29) is 39.1 Å². The predicted octanol–water partition coefficient (Wildman–Crippen LogP) is 6.22. The Hall–Kier alpha value is -3.07. The van der Waals surface area contributed by atoms with Crippen molar-refractivity contribution in [2.24, 2.45) is 0 Å². The minimum atomic E-state index is -4.25. The number of nitrogens with one attached hydrogen (secondary N) is 1. The molecule has 3 rings (SSSR count). The molecule has 0 saturated carbocycles. The van der Waals surface area contributed by atoms with E-state index in [1.165, 1.54) is 29.2 Å². The third kappa shape index (κ3) is 7.77. The van der Waals surface area contributed by atoms with Crippen LogP contribution < -0.4 is 9.62 Å². The lowest BCUT2D eigenvalue weighted by molar-refractivity contribution is -0.140. The highest BCUT2D eigenvalue weighted by atomic mass is 35.5. The molecule has 0 aliphatic carbocycles. The highest BCUT2D eigenvalue weighted by Crippen LogP contribution is 2.33. The van der Waals surface area contributed by atoms with Gasteiger partial charge in [-0.05, 0) is 62.6 Å². The molecule has 0 spiro atoms. The number of sulfonamides is 1. The van der Waals surface area contributed by atoms with Gasteiger partial charge in [-0.1, -0.05) is 85.1 Å². The number of hydrogen-bond donors (Lipinski definition) is 1. The molecule has 0 aliphatic heterocycles. The summed E-state index contributed by atoms with van der Waals surface area (Å²) in [7, 11) is -4.25. The molecule has 0 aromatic heterocycles. The number of hydrogen-bond acceptors (Lipinski definition) is 4. The monoisotopic (exact) mass is 603 g/mol. The molecule has 40 heavy (non-hydrogen) atoms. The van der Waals surface area contributed by atoms with Crippen molar-refractivity contribution >= 4 is 50.7 Å². The second-order valence-corrected chi connectivity index (χ2v) is 12.4. The van der Waals surface area contributed by atoms with Gasteiger partial charge < -0.3 is 10.2 Å². The summed E-state index contributed by atoms with van der Waals surface area (Å²) in [6, 6.07) is 19.1. The molecule has 2 atom stereocenters. The maximum atomic E-state index is 14.1. The number of anilines is 1. The van der Waals surface area contributed by atoms with Crippen LogP contribution in [0.5, 0.6) is 0 Å². The Morgan fingerprint density at radius 2 is 1.57 bits per heavy atom. The maximum Gasteiger partial charge on any atom is 0.264 e. The molecular weight excluding hydrogens is 569 g/mol. The lowest BCUT2D eigenvalue weighted by Crippen LogP contribution is -2.53. The summed E-state index contributed by atoms with van der Waals surface area (Å²) >= 11 is 12.7. The van der Waals surface area contributed by atoms with Gasteiger partial charge in [-0.2, -0.15) is 0 Å². The third-order valence-corrected chi connectivity index (χ3v) is 8.98. The predicted molar refractivity (Wildman–Crippen MR) is 161 cm³/mol. The van der Waals surface area contributed by atoms with Gasteiger partial charge in [0.15, 0.2) is 0 Å². The molecule has 0 heterocycles. The fourth-order valence-electron chi connectivity index (χ4n) is 4.17. The minimum Gasteiger partial charge on any atom is -0.352 e. The number of amides is 2. The first-order valence-electron chi connectivity index (χ1n) is 13.2. The van der Waals surface area contributed by atoms with Gasteiger partial charge in [0.25, 0.3) is 10.0 Å². The second-order valence-electron chi connectivity index (χ2n) is 9.67. The first-order chi connectivity index (χ1) is 19.0. The molecule has 0 fully saturated rings. The summed E-state index contributed by atoms with van der Waals surface area (Å²) in [5.74, 6) is -0.850. The molecule has 10 heteroatoms. The van der Waals surface area contributed by atoms with Crippen LogP contribution in [0.25, 0.3) is 0 Å². The number of halogens is 2. The zero-order valence-electron chi connectivity index (χ0n) is 23.1. The van der Waals surface area contributed by atoms with E-state index in [9.17, 15) is 18.0 Å². The van der Waals surface area contributed by atoms with Gasteiger partial charge in [0, 0.05) is 17.6 Å². The largest absolute Gasteiger partial charge is 0.352 e. The summed E-state index contributed by atoms with van der Waals surface area (Å²) in [5.41, 5.74) is 1.76. The molecule has 2 amide bonds. The Morgan fingerprint density at radius 3 is 2.17 bits per heavy atom. The molecule has 3 aromatic rings. The van der Waals surface area contributed by atoms with Gasteiger partial charge >= 0.3 is 0 Å². The summed E-state index contributed by atoms with van der Waals surface area (Å²) in [4.78, 5) is 28.8. The van der Waals surface area contributed by atoms with Crippen LogP contribution in [0.1, 0.15) is 44.7 Å². The Kier molecular flexibility index (Phi) is 11.0. The summed E-state index contributed by atoms with van der Waals surface area (Å²) < 4.78 is 28.9. The standard InChI is InChI=1S/C30H35Cl2N3O4S/c1-5-22(4)33-30(37)27(6-2)34(19-23-10-8-7-9-11-23)29(36)20-35(28-18-24(31)14-17-26(28)32)40(38,39)25-15-12-21(3)13-16-25/h7-18,22,27H,5-6,19-20H2,1-4H3,(H,33,37)/t22-,27-/m0/s1. The first kappa shape index (κ1) is 31.5. The third-order valence-electron chi connectivity index (χ3n) is 6.65. The number of benzene rings is 3. The van der Waals surface area contributed by atoms with E-state index in [2.05, 4.69) is 5.32 Å². The molecule has 0 aliphatic rings. The SMILES string of the molecule is CC[C@H](C)NC(=O)[C@H](CC)N(Cc1ccccc1)C(=O)CN(c1cc(Cl)ccc1Cl)S(=O)(=O)c1ccc(C)cc1. The Balaban J connectivity index is 2.09. The topological polar surface area (TPSA) is 86.8 Å². The van der Waals surface area contributed by atoms with Crippen LogP contribution in [-0.2, 0) is 26.2 Å². The maximum absolute atomic E-state index is 14.1. The number of rotatable bonds is 12. The van der Waals surface area contributed by atoms with E-state index < -0.39 is 28.5 Å². The number of carbonyl (C=O) groups excluding carboxylic acids is 2. The quantitative estimate of drug-likeness (QED) is 0.266. The molecule has 214 valence electrons. The lowest BCUT2D eigenvalue weighted by atomic mass is 10.1. The molecule has 3 aromatic carbocycles. The molecule has 1 N–H and O–H groups in total. The summed E-state index contributed by atoms with van der Waals surface area (Å²) in [6.07, 6.45) is 1.06. The van der Waals surface area contributed by atoms with Crippen LogP contribution in [0, 0.1) is 6.92 Å². The average molecular weight is 605 g/mol. The van der Waals surface area contributed by atoms with Crippen LogP contribution in [0.3, 0.4) is 0 Å². The van der Waals surface area contributed by atoms with Crippen molar-refractivity contribution in [3.63, 3.8) is 0 Å². The van der Waals surface area contributed by atoms with Crippen molar-refractivity contribution in [3.05, 3.63) is 94.0 Å². The Labute approximate surface area is 247 Å². The van der Waals surface area contributed by atoms with E-state index in [0.717, 1.165) is 21.9 Å². The zero-order chi connectivity index (χ0) is 29.4. The molecule has 0 bridgehead atoms. The van der Waals surface area contributed by atoms with Crippen molar-refractivity contribution < 1.29 is 18.0 Å². The molecule has 0 radical (unpaired) electrons. The zero-order valence-corrected chi connectivity index (χ0v) is 25.4. The van der Waals surface area contributed by atoms with Gasteiger partial charge in [-0.25, -0.2) is 8.42 Å². The van der Waals surface area contributed by atoms with Gasteiger partial charge in [-0.15, -0.1) is 0 Å². The van der Waals surface area contributed by atoms with Gasteiger partial charge in [0.2, 0.25) is 11.8 Å². The highest BCUT2D eigenvalue weighted by Gasteiger charge is 2.34. The fraction of sp³-hybridized carbons (Fsp3) is 0.333. The van der Waals surface area contributed by atoms with Crippen LogP contribution in [0.15, 0.2) is 77.7 Å². The van der Waals surface area contributed by atoms with Crippen molar-refractivity contribution in [1.82, 2.24) is 10.2 Å². The normalized spacial score (nSPS) is 12.8. The first-order valence-corrected chi connectivity index (χ1v) is 15.4.